The van der Waals surface area contributed by atoms with Gasteiger partial charge in [-0.2, -0.15) is 0 Å². The highest BCUT2D eigenvalue weighted by atomic mass is 79.9. The van der Waals surface area contributed by atoms with Gasteiger partial charge in [0.1, 0.15) is 5.82 Å². The molecule has 0 aliphatic rings. The molecule has 0 fully saturated rings. The van der Waals surface area contributed by atoms with E-state index in [-0.39, 0.29) is 11.9 Å². The number of halogens is 2. The highest BCUT2D eigenvalue weighted by Gasteiger charge is 2.16. The maximum Gasteiger partial charge on any atom is 0.126 e. The van der Waals surface area contributed by atoms with Crippen molar-refractivity contribution in [1.82, 2.24) is 5.32 Å². The molecule has 0 radical (unpaired) electrons. The number of hydrogen-bond donors (Lipinski definition) is 1. The molecule has 1 unspecified atom stereocenters. The van der Waals surface area contributed by atoms with Crippen LogP contribution in [0.5, 0.6) is 0 Å². The zero-order chi connectivity index (χ0) is 14.5. The summed E-state index contributed by atoms with van der Waals surface area (Å²) in [6, 6.07) is 13.5. The van der Waals surface area contributed by atoms with E-state index in [0.29, 0.717) is 5.56 Å². The first kappa shape index (κ1) is 15.2. The fraction of sp³-hybridized carbons (Fsp3) is 0.294. The molecule has 0 heterocycles. The molecule has 0 aromatic heterocycles. The molecule has 0 spiro atoms. The van der Waals surface area contributed by atoms with Crippen molar-refractivity contribution in [3.63, 3.8) is 0 Å². The summed E-state index contributed by atoms with van der Waals surface area (Å²) in [5.41, 5.74) is 2.76. The Hall–Kier alpha value is -1.19. The van der Waals surface area contributed by atoms with E-state index in [9.17, 15) is 4.39 Å². The van der Waals surface area contributed by atoms with Gasteiger partial charge in [-0.15, -0.1) is 0 Å². The largest absolute Gasteiger partial charge is 0.306 e. The summed E-state index contributed by atoms with van der Waals surface area (Å²) in [5.74, 6) is -0.155. The number of hydrogen-bond acceptors (Lipinski definition) is 1. The van der Waals surface area contributed by atoms with E-state index in [1.54, 1.807) is 13.0 Å². The zero-order valence-corrected chi connectivity index (χ0v) is 13.4. The van der Waals surface area contributed by atoms with Gasteiger partial charge in [0.25, 0.3) is 0 Å². The van der Waals surface area contributed by atoms with Crippen LogP contribution in [0.3, 0.4) is 0 Å². The lowest BCUT2D eigenvalue weighted by Gasteiger charge is -2.21. The molecule has 20 heavy (non-hydrogen) atoms. The molecule has 1 atom stereocenters. The van der Waals surface area contributed by atoms with E-state index in [1.807, 2.05) is 30.3 Å². The molecule has 0 aliphatic carbocycles. The number of benzene rings is 2. The molecule has 0 amide bonds. The maximum atomic E-state index is 13.8. The Kier molecular flexibility index (Phi) is 5.32. The molecule has 1 N–H and O–H groups in total. The van der Waals surface area contributed by atoms with E-state index in [1.165, 1.54) is 0 Å². The lowest BCUT2D eigenvalue weighted by molar-refractivity contribution is 0.581. The summed E-state index contributed by atoms with van der Waals surface area (Å²) in [6.07, 6.45) is 1.04. The minimum atomic E-state index is -0.155. The minimum absolute atomic E-state index is 0.000579. The summed E-state index contributed by atoms with van der Waals surface area (Å²) in [4.78, 5) is 0. The highest BCUT2D eigenvalue weighted by Crippen LogP contribution is 2.29. The SMILES string of the molecule is CCCNC(c1ccc(C)c(F)c1)c1ccccc1Br. The quantitative estimate of drug-likeness (QED) is 0.811. The lowest BCUT2D eigenvalue weighted by atomic mass is 9.97. The molecule has 1 nitrogen and oxygen atoms in total. The standard InChI is InChI=1S/C17H19BrFN/c1-3-10-20-17(14-6-4-5-7-15(14)18)13-9-8-12(2)16(19)11-13/h4-9,11,17,20H,3,10H2,1-2H3. The fourth-order valence-corrected chi connectivity index (χ4v) is 2.71. The second kappa shape index (κ2) is 7.00. The first-order chi connectivity index (χ1) is 9.63. The van der Waals surface area contributed by atoms with Crippen LogP contribution >= 0.6 is 15.9 Å². The third kappa shape index (κ3) is 3.47. The summed E-state index contributed by atoms with van der Waals surface area (Å²) < 4.78 is 14.9. The van der Waals surface area contributed by atoms with Gasteiger partial charge in [0, 0.05) is 4.47 Å². The van der Waals surface area contributed by atoms with E-state index < -0.39 is 0 Å². The van der Waals surface area contributed by atoms with Gasteiger partial charge in [-0.1, -0.05) is 53.2 Å². The molecule has 0 saturated heterocycles. The Balaban J connectivity index is 2.41. The van der Waals surface area contributed by atoms with Gasteiger partial charge in [0.2, 0.25) is 0 Å². The normalized spacial score (nSPS) is 12.4. The first-order valence-electron chi connectivity index (χ1n) is 6.87. The van der Waals surface area contributed by atoms with Crippen LogP contribution in [0, 0.1) is 12.7 Å². The van der Waals surface area contributed by atoms with Crippen molar-refractivity contribution in [3.05, 3.63) is 69.4 Å². The molecule has 0 aliphatic heterocycles. The smallest absolute Gasteiger partial charge is 0.126 e. The van der Waals surface area contributed by atoms with Crippen LogP contribution in [0.4, 0.5) is 4.39 Å². The van der Waals surface area contributed by atoms with Crippen LogP contribution in [0.2, 0.25) is 0 Å². The molecule has 2 aromatic carbocycles. The highest BCUT2D eigenvalue weighted by molar-refractivity contribution is 9.10. The predicted octanol–water partition coefficient (Wildman–Crippen LogP) is 4.99. The average molecular weight is 336 g/mol. The third-order valence-electron chi connectivity index (χ3n) is 3.34. The fourth-order valence-electron chi connectivity index (χ4n) is 2.19. The van der Waals surface area contributed by atoms with E-state index in [2.05, 4.69) is 34.2 Å². The van der Waals surface area contributed by atoms with Crippen molar-refractivity contribution in [2.75, 3.05) is 6.54 Å². The maximum absolute atomic E-state index is 13.8. The lowest BCUT2D eigenvalue weighted by Crippen LogP contribution is -2.23. The number of rotatable bonds is 5. The molecule has 0 saturated carbocycles. The molecular formula is C17H19BrFN. The van der Waals surface area contributed by atoms with Crippen molar-refractivity contribution >= 4 is 15.9 Å². The van der Waals surface area contributed by atoms with E-state index >= 15 is 0 Å². The molecule has 106 valence electrons. The van der Waals surface area contributed by atoms with Gasteiger partial charge in [-0.25, -0.2) is 4.39 Å². The monoisotopic (exact) mass is 335 g/mol. The van der Waals surface area contributed by atoms with Gasteiger partial charge in [0.15, 0.2) is 0 Å². The number of aryl methyl sites for hydroxylation is 1. The van der Waals surface area contributed by atoms with Gasteiger partial charge in [-0.3, -0.25) is 0 Å². The van der Waals surface area contributed by atoms with Crippen LogP contribution in [0.15, 0.2) is 46.9 Å². The first-order valence-corrected chi connectivity index (χ1v) is 7.66. The van der Waals surface area contributed by atoms with Crippen molar-refractivity contribution < 1.29 is 4.39 Å². The Morgan fingerprint density at radius 2 is 1.95 bits per heavy atom. The second-order valence-electron chi connectivity index (χ2n) is 4.92. The Morgan fingerprint density at radius 3 is 2.60 bits per heavy atom. The van der Waals surface area contributed by atoms with Crippen molar-refractivity contribution in [3.8, 4) is 0 Å². The van der Waals surface area contributed by atoms with Gasteiger partial charge >= 0.3 is 0 Å². The van der Waals surface area contributed by atoms with Gasteiger partial charge < -0.3 is 5.32 Å². The van der Waals surface area contributed by atoms with Crippen LogP contribution in [0.25, 0.3) is 0 Å². The average Bonchev–Trinajstić information content (AvgIpc) is 2.44. The van der Waals surface area contributed by atoms with Crippen molar-refractivity contribution in [2.45, 2.75) is 26.3 Å². The number of nitrogens with one attached hydrogen (secondary N) is 1. The van der Waals surface area contributed by atoms with Crippen LogP contribution in [0.1, 0.15) is 36.1 Å². The summed E-state index contributed by atoms with van der Waals surface area (Å²) in [5, 5.41) is 3.49. The summed E-state index contributed by atoms with van der Waals surface area (Å²) in [7, 11) is 0. The molecular weight excluding hydrogens is 317 g/mol. The predicted molar refractivity (Wildman–Crippen MR) is 85.4 cm³/mol. The van der Waals surface area contributed by atoms with Crippen molar-refractivity contribution in [2.24, 2.45) is 0 Å². The zero-order valence-electron chi connectivity index (χ0n) is 11.8. The second-order valence-corrected chi connectivity index (χ2v) is 5.77. The molecule has 3 heteroatoms. The van der Waals surface area contributed by atoms with Crippen molar-refractivity contribution in [1.29, 1.82) is 0 Å². The van der Waals surface area contributed by atoms with E-state index in [0.717, 1.165) is 28.6 Å². The van der Waals surface area contributed by atoms with E-state index in [4.69, 9.17) is 0 Å². The summed E-state index contributed by atoms with van der Waals surface area (Å²) in [6.45, 7) is 4.80. The Bertz CT molecular complexity index is 583. The minimum Gasteiger partial charge on any atom is -0.306 e. The molecule has 2 rings (SSSR count). The van der Waals surface area contributed by atoms with Crippen LogP contribution < -0.4 is 5.32 Å². The topological polar surface area (TPSA) is 12.0 Å². The van der Waals surface area contributed by atoms with Gasteiger partial charge in [0.05, 0.1) is 6.04 Å². The summed E-state index contributed by atoms with van der Waals surface area (Å²) >= 11 is 3.59. The molecule has 0 bridgehead atoms. The molecule has 2 aromatic rings. The van der Waals surface area contributed by atoms with Crippen LogP contribution in [-0.2, 0) is 0 Å². The Morgan fingerprint density at radius 1 is 1.20 bits per heavy atom. The van der Waals surface area contributed by atoms with Crippen LogP contribution in [-0.4, -0.2) is 6.54 Å². The van der Waals surface area contributed by atoms with Gasteiger partial charge in [-0.05, 0) is 48.7 Å². The third-order valence-corrected chi connectivity index (χ3v) is 4.07. The Labute approximate surface area is 128 Å².